The molecule has 0 amide bonds. The maximum absolute atomic E-state index is 4.90. The van der Waals surface area contributed by atoms with Crippen molar-refractivity contribution < 1.29 is 0 Å². The molecule has 1 aromatic rings. The maximum Gasteiger partial charge on any atom is 0.194 e. The van der Waals surface area contributed by atoms with Gasteiger partial charge in [0.15, 0.2) is 5.96 Å². The van der Waals surface area contributed by atoms with Crippen molar-refractivity contribution in [2.75, 3.05) is 37.6 Å². The topological polar surface area (TPSA) is 30.9 Å². The summed E-state index contributed by atoms with van der Waals surface area (Å²) in [7, 11) is 0. The second-order valence-corrected chi connectivity index (χ2v) is 6.89. The molecule has 1 saturated heterocycles. The zero-order valence-electron chi connectivity index (χ0n) is 15.0. The Morgan fingerprint density at radius 2 is 1.96 bits per heavy atom. The average molecular weight is 326 g/mol. The van der Waals surface area contributed by atoms with Gasteiger partial charge < -0.3 is 15.1 Å². The van der Waals surface area contributed by atoms with E-state index in [-0.39, 0.29) is 0 Å². The molecule has 1 N–H and O–H groups in total. The molecule has 0 aromatic heterocycles. The van der Waals surface area contributed by atoms with Crippen LogP contribution in [0.25, 0.3) is 0 Å². The molecular weight excluding hydrogens is 296 g/mol. The minimum atomic E-state index is 0.740. The van der Waals surface area contributed by atoms with Crippen LogP contribution in [0.5, 0.6) is 0 Å². The summed E-state index contributed by atoms with van der Waals surface area (Å²) >= 11 is 0. The Hall–Kier alpha value is -1.97. The van der Waals surface area contributed by atoms with Crippen LogP contribution in [0.2, 0.25) is 0 Å². The Balaban J connectivity index is 1.66. The molecule has 0 unspecified atom stereocenters. The number of rotatable bonds is 4. The molecule has 1 aromatic carbocycles. The highest BCUT2D eigenvalue weighted by atomic mass is 15.3. The van der Waals surface area contributed by atoms with E-state index < -0.39 is 0 Å². The van der Waals surface area contributed by atoms with Gasteiger partial charge in [-0.3, -0.25) is 0 Å². The van der Waals surface area contributed by atoms with E-state index in [1.165, 1.54) is 24.1 Å². The number of benzene rings is 1. The summed E-state index contributed by atoms with van der Waals surface area (Å²) in [6.45, 7) is 10.4. The molecule has 0 bridgehead atoms. The number of hydrogen-bond donors (Lipinski definition) is 1. The second kappa shape index (κ2) is 8.22. The van der Waals surface area contributed by atoms with E-state index in [1.54, 1.807) is 0 Å². The fraction of sp³-hybridized carbons (Fsp3) is 0.550. The Labute approximate surface area is 146 Å². The lowest BCUT2D eigenvalue weighted by atomic mass is 10.00. The zero-order valence-corrected chi connectivity index (χ0v) is 15.0. The number of nitrogens with zero attached hydrogens (tertiary/aromatic N) is 3. The molecular formula is C20H30N4. The quantitative estimate of drug-likeness (QED) is 0.523. The van der Waals surface area contributed by atoms with Crippen LogP contribution >= 0.6 is 0 Å². The van der Waals surface area contributed by atoms with Gasteiger partial charge in [-0.05, 0) is 43.4 Å². The molecule has 0 aliphatic carbocycles. The van der Waals surface area contributed by atoms with Crippen molar-refractivity contribution in [3.8, 4) is 0 Å². The van der Waals surface area contributed by atoms with E-state index in [0.29, 0.717) is 0 Å². The highest BCUT2D eigenvalue weighted by Crippen LogP contribution is 2.19. The van der Waals surface area contributed by atoms with Crippen molar-refractivity contribution in [1.82, 2.24) is 10.2 Å². The van der Waals surface area contributed by atoms with Gasteiger partial charge in [-0.15, -0.1) is 0 Å². The largest absolute Gasteiger partial charge is 0.364 e. The number of hydrogen-bond acceptors (Lipinski definition) is 2. The van der Waals surface area contributed by atoms with Crippen LogP contribution in [-0.4, -0.2) is 43.6 Å². The molecule has 4 heteroatoms. The molecule has 3 rings (SSSR count). The van der Waals surface area contributed by atoms with E-state index in [2.05, 4.69) is 65.4 Å². The Bertz CT molecular complexity index is 577. The van der Waals surface area contributed by atoms with Gasteiger partial charge in [-0.2, -0.15) is 0 Å². The van der Waals surface area contributed by atoms with E-state index in [9.17, 15) is 0 Å². The molecule has 24 heavy (non-hydrogen) atoms. The fourth-order valence-electron chi connectivity index (χ4n) is 3.35. The van der Waals surface area contributed by atoms with Crippen molar-refractivity contribution in [2.45, 2.75) is 33.2 Å². The number of guanidine groups is 1. The van der Waals surface area contributed by atoms with Crippen LogP contribution in [0, 0.1) is 5.92 Å². The molecule has 2 aliphatic heterocycles. The number of anilines is 1. The van der Waals surface area contributed by atoms with Gasteiger partial charge in [0.05, 0.1) is 6.54 Å². The van der Waals surface area contributed by atoms with Crippen LogP contribution in [0.1, 0.15) is 32.3 Å². The number of nitrogens with one attached hydrogen (secondary N) is 1. The summed E-state index contributed by atoms with van der Waals surface area (Å²) in [6.07, 6.45) is 6.99. The van der Waals surface area contributed by atoms with Gasteiger partial charge in [0.25, 0.3) is 0 Å². The lowest BCUT2D eigenvalue weighted by molar-refractivity contribution is 0.273. The summed E-state index contributed by atoms with van der Waals surface area (Å²) in [5.74, 6) is 1.91. The highest BCUT2D eigenvalue weighted by Gasteiger charge is 2.18. The van der Waals surface area contributed by atoms with Crippen molar-refractivity contribution in [1.29, 1.82) is 0 Å². The smallest absolute Gasteiger partial charge is 0.194 e. The molecule has 2 heterocycles. The molecule has 2 aliphatic rings. The third kappa shape index (κ3) is 4.31. The molecule has 130 valence electrons. The van der Waals surface area contributed by atoms with Crippen molar-refractivity contribution >= 4 is 11.6 Å². The molecule has 0 saturated carbocycles. The second-order valence-electron chi connectivity index (χ2n) is 6.89. The minimum Gasteiger partial charge on any atom is -0.364 e. The first-order chi connectivity index (χ1) is 11.8. The third-order valence-electron chi connectivity index (χ3n) is 4.92. The van der Waals surface area contributed by atoms with Crippen LogP contribution in [-0.2, 0) is 6.54 Å². The molecule has 0 atom stereocenters. The van der Waals surface area contributed by atoms with Gasteiger partial charge in [0.2, 0.25) is 0 Å². The van der Waals surface area contributed by atoms with E-state index in [4.69, 9.17) is 4.99 Å². The van der Waals surface area contributed by atoms with Gasteiger partial charge in [-0.25, -0.2) is 4.99 Å². The van der Waals surface area contributed by atoms with Crippen molar-refractivity contribution in [2.24, 2.45) is 10.9 Å². The molecule has 1 fully saturated rings. The highest BCUT2D eigenvalue weighted by molar-refractivity contribution is 5.80. The number of likely N-dealkylation sites (tertiary alicyclic amines) is 1. The van der Waals surface area contributed by atoms with Gasteiger partial charge in [0.1, 0.15) is 0 Å². The third-order valence-corrected chi connectivity index (χ3v) is 4.92. The normalized spacial score (nSPS) is 19.2. The van der Waals surface area contributed by atoms with Crippen LogP contribution in [0.3, 0.4) is 0 Å². The van der Waals surface area contributed by atoms with E-state index in [0.717, 1.165) is 51.1 Å². The van der Waals surface area contributed by atoms with Crippen LogP contribution < -0.4 is 10.2 Å². The molecule has 4 nitrogen and oxygen atoms in total. The minimum absolute atomic E-state index is 0.740. The zero-order chi connectivity index (χ0) is 16.8. The van der Waals surface area contributed by atoms with E-state index in [1.807, 2.05) is 0 Å². The first-order valence-corrected chi connectivity index (χ1v) is 9.28. The first kappa shape index (κ1) is 16.9. The summed E-state index contributed by atoms with van der Waals surface area (Å²) in [5.41, 5.74) is 2.57. The first-order valence-electron chi connectivity index (χ1n) is 9.28. The summed E-state index contributed by atoms with van der Waals surface area (Å²) in [4.78, 5) is 9.69. The van der Waals surface area contributed by atoms with E-state index >= 15 is 0 Å². The van der Waals surface area contributed by atoms with Crippen LogP contribution in [0.4, 0.5) is 5.69 Å². The van der Waals surface area contributed by atoms with Gasteiger partial charge >= 0.3 is 0 Å². The standard InChI is InChI=1S/C20H30N4/c1-3-21-20(24-13-9-17(2)10-14-24)22-16-18-7-6-8-19(15-18)23-11-4-5-12-23/h4-8,15,17H,3,9-14,16H2,1-2H3,(H,21,22). The van der Waals surface area contributed by atoms with Crippen LogP contribution in [0.15, 0.2) is 41.4 Å². The molecule has 0 spiro atoms. The van der Waals surface area contributed by atoms with Gasteiger partial charge in [0, 0.05) is 38.4 Å². The van der Waals surface area contributed by atoms with Crippen molar-refractivity contribution in [3.05, 3.63) is 42.0 Å². The molecule has 0 radical (unpaired) electrons. The Morgan fingerprint density at radius 1 is 1.21 bits per heavy atom. The SMILES string of the molecule is CCNC(=NCc1cccc(N2CC=CC2)c1)N1CCC(C)CC1. The maximum atomic E-state index is 4.90. The van der Waals surface area contributed by atoms with Gasteiger partial charge in [-0.1, -0.05) is 31.2 Å². The monoisotopic (exact) mass is 326 g/mol. The lowest BCUT2D eigenvalue weighted by Gasteiger charge is -2.33. The summed E-state index contributed by atoms with van der Waals surface area (Å²) in [5, 5.41) is 3.46. The predicted molar refractivity (Wildman–Crippen MR) is 103 cm³/mol. The predicted octanol–water partition coefficient (Wildman–Crippen LogP) is 3.26. The lowest BCUT2D eigenvalue weighted by Crippen LogP contribution is -2.45. The summed E-state index contributed by atoms with van der Waals surface area (Å²) < 4.78 is 0. The number of aliphatic imine (C=N–C) groups is 1. The average Bonchev–Trinajstić information content (AvgIpc) is 3.14. The number of piperidine rings is 1. The Morgan fingerprint density at radius 3 is 2.67 bits per heavy atom. The Kier molecular flexibility index (Phi) is 5.78. The summed E-state index contributed by atoms with van der Waals surface area (Å²) in [6, 6.07) is 8.79. The van der Waals surface area contributed by atoms with Crippen molar-refractivity contribution in [3.63, 3.8) is 0 Å². The fourth-order valence-corrected chi connectivity index (χ4v) is 3.35.